The molecule has 1 fully saturated rings. The van der Waals surface area contributed by atoms with Crippen molar-refractivity contribution in [1.82, 2.24) is 15.5 Å². The van der Waals surface area contributed by atoms with Gasteiger partial charge in [0, 0.05) is 19.9 Å². The molecule has 2 amide bonds. The van der Waals surface area contributed by atoms with Crippen LogP contribution < -0.4 is 10.2 Å². The first-order valence-corrected chi connectivity index (χ1v) is 6.81. The van der Waals surface area contributed by atoms with Gasteiger partial charge in [0.2, 0.25) is 11.8 Å². The highest BCUT2D eigenvalue weighted by Crippen LogP contribution is 2.27. The largest absolute Gasteiger partial charge is 0.344 e. The first-order chi connectivity index (χ1) is 11.0. The van der Waals surface area contributed by atoms with Gasteiger partial charge < -0.3 is 14.7 Å². The zero-order chi connectivity index (χ0) is 16.6. The fourth-order valence-electron chi connectivity index (χ4n) is 2.41. The number of nitrogens with one attached hydrogen (secondary N) is 1. The number of hydrogen-bond donors (Lipinski definition) is 1. The van der Waals surface area contributed by atoms with Gasteiger partial charge in [-0.15, -0.1) is 0 Å². The smallest absolute Gasteiger partial charge is 0.292 e. The van der Waals surface area contributed by atoms with E-state index in [-0.39, 0.29) is 24.7 Å². The molecule has 0 spiro atoms. The van der Waals surface area contributed by atoms with E-state index in [2.05, 4.69) is 15.5 Å². The molecule has 1 aliphatic rings. The van der Waals surface area contributed by atoms with E-state index in [0.717, 1.165) is 17.0 Å². The maximum atomic E-state index is 13.8. The maximum Gasteiger partial charge on any atom is 0.292 e. The summed E-state index contributed by atoms with van der Waals surface area (Å²) in [6.45, 7) is 1.49. The minimum absolute atomic E-state index is 0.0424. The molecule has 7 nitrogen and oxygen atoms in total. The van der Waals surface area contributed by atoms with E-state index in [1.54, 1.807) is 0 Å². The molecule has 0 aliphatic carbocycles. The number of aromatic nitrogens is 2. The molecule has 1 atom stereocenters. The number of carbonyl (C=O) groups is 2. The summed E-state index contributed by atoms with van der Waals surface area (Å²) < 4.78 is 32.3. The van der Waals surface area contributed by atoms with Crippen molar-refractivity contribution in [2.24, 2.45) is 0 Å². The van der Waals surface area contributed by atoms with Gasteiger partial charge in [0.1, 0.15) is 17.3 Å². The predicted molar refractivity (Wildman–Crippen MR) is 73.6 cm³/mol. The Morgan fingerprint density at radius 1 is 1.39 bits per heavy atom. The highest BCUT2D eigenvalue weighted by atomic mass is 19.1. The third kappa shape index (κ3) is 2.89. The van der Waals surface area contributed by atoms with Crippen molar-refractivity contribution in [3.8, 4) is 0 Å². The number of para-hydroxylation sites is 1. The minimum atomic E-state index is -0.834. The predicted octanol–water partition coefficient (Wildman–Crippen LogP) is 1.19. The maximum absolute atomic E-state index is 13.8. The lowest BCUT2D eigenvalue weighted by molar-refractivity contribution is -0.117. The summed E-state index contributed by atoms with van der Waals surface area (Å²) in [6, 6.07) is 2.75. The number of amides is 2. The molecule has 120 valence electrons. The summed E-state index contributed by atoms with van der Waals surface area (Å²) in [6.07, 6.45) is -0.0731. The molecule has 1 saturated heterocycles. The number of rotatable bonds is 3. The molecule has 9 heteroatoms. The third-order valence-corrected chi connectivity index (χ3v) is 3.40. The number of anilines is 1. The normalized spacial score (nSPS) is 17.6. The van der Waals surface area contributed by atoms with Crippen LogP contribution in [0.5, 0.6) is 0 Å². The van der Waals surface area contributed by atoms with Crippen LogP contribution in [0.25, 0.3) is 0 Å². The van der Waals surface area contributed by atoms with Crippen LogP contribution in [0, 0.1) is 18.6 Å². The van der Waals surface area contributed by atoms with Crippen LogP contribution in [0.15, 0.2) is 22.7 Å². The molecule has 1 unspecified atom stereocenters. The molecule has 23 heavy (non-hydrogen) atoms. The van der Waals surface area contributed by atoms with Crippen LogP contribution in [-0.4, -0.2) is 34.5 Å². The molecule has 1 N–H and O–H groups in total. The molecular weight excluding hydrogens is 310 g/mol. The molecule has 0 radical (unpaired) electrons. The second kappa shape index (κ2) is 5.75. The Bertz CT molecular complexity index is 757. The molecule has 0 saturated carbocycles. The molecule has 1 aliphatic heterocycles. The van der Waals surface area contributed by atoms with Crippen molar-refractivity contribution < 1.29 is 22.9 Å². The van der Waals surface area contributed by atoms with E-state index in [0.29, 0.717) is 0 Å². The Labute approximate surface area is 129 Å². The van der Waals surface area contributed by atoms with Gasteiger partial charge in [-0.3, -0.25) is 9.59 Å². The number of hydrogen-bond acceptors (Lipinski definition) is 5. The second-order valence-electron chi connectivity index (χ2n) is 5.09. The first-order valence-electron chi connectivity index (χ1n) is 6.81. The molecule has 1 aromatic carbocycles. The number of nitrogens with zero attached hydrogens (tertiary/aromatic N) is 3. The van der Waals surface area contributed by atoms with Gasteiger partial charge in [0.05, 0.1) is 6.04 Å². The Kier molecular flexibility index (Phi) is 3.77. The van der Waals surface area contributed by atoms with E-state index >= 15 is 0 Å². The SMILES string of the molecule is Cc1nc(C(=O)NC2CC(=O)N(c3c(F)cccc3F)C2)no1. The fourth-order valence-corrected chi connectivity index (χ4v) is 2.41. The summed E-state index contributed by atoms with van der Waals surface area (Å²) >= 11 is 0. The van der Waals surface area contributed by atoms with Gasteiger partial charge in [-0.2, -0.15) is 4.98 Å². The number of halogens is 2. The van der Waals surface area contributed by atoms with Crippen LogP contribution in [0.4, 0.5) is 14.5 Å². The molecule has 1 aromatic heterocycles. The topological polar surface area (TPSA) is 88.3 Å². The zero-order valence-corrected chi connectivity index (χ0v) is 12.0. The van der Waals surface area contributed by atoms with Crippen LogP contribution in [0.2, 0.25) is 0 Å². The number of aryl methyl sites for hydroxylation is 1. The lowest BCUT2D eigenvalue weighted by atomic mass is 10.2. The lowest BCUT2D eigenvalue weighted by Gasteiger charge is -2.18. The van der Waals surface area contributed by atoms with E-state index in [9.17, 15) is 18.4 Å². The van der Waals surface area contributed by atoms with Crippen molar-refractivity contribution in [1.29, 1.82) is 0 Å². The van der Waals surface area contributed by atoms with E-state index in [1.165, 1.54) is 13.0 Å². The van der Waals surface area contributed by atoms with Crippen molar-refractivity contribution in [3.05, 3.63) is 41.5 Å². The van der Waals surface area contributed by atoms with Gasteiger partial charge in [0.25, 0.3) is 11.7 Å². The van der Waals surface area contributed by atoms with Crippen molar-refractivity contribution in [2.45, 2.75) is 19.4 Å². The van der Waals surface area contributed by atoms with E-state index < -0.39 is 35.2 Å². The van der Waals surface area contributed by atoms with Crippen LogP contribution in [0.1, 0.15) is 22.9 Å². The number of carbonyl (C=O) groups excluding carboxylic acids is 2. The molecule has 2 aromatic rings. The van der Waals surface area contributed by atoms with Crippen molar-refractivity contribution in [3.63, 3.8) is 0 Å². The molecule has 3 rings (SSSR count). The quantitative estimate of drug-likeness (QED) is 0.917. The number of benzene rings is 1. The van der Waals surface area contributed by atoms with E-state index in [4.69, 9.17) is 4.52 Å². The Balaban J connectivity index is 1.74. The summed E-state index contributed by atoms with van der Waals surface area (Å²) in [5.74, 6) is -2.70. The van der Waals surface area contributed by atoms with Crippen LogP contribution in [-0.2, 0) is 4.79 Å². The van der Waals surface area contributed by atoms with Gasteiger partial charge in [-0.1, -0.05) is 11.2 Å². The minimum Gasteiger partial charge on any atom is -0.344 e. The van der Waals surface area contributed by atoms with E-state index in [1.807, 2.05) is 0 Å². The zero-order valence-electron chi connectivity index (χ0n) is 12.0. The van der Waals surface area contributed by atoms with Gasteiger partial charge in [0.15, 0.2) is 0 Å². The lowest BCUT2D eigenvalue weighted by Crippen LogP contribution is -2.38. The summed E-state index contributed by atoms with van der Waals surface area (Å²) in [4.78, 5) is 28.7. The Morgan fingerprint density at radius 3 is 2.70 bits per heavy atom. The molecule has 0 bridgehead atoms. The van der Waals surface area contributed by atoms with Crippen LogP contribution >= 0.6 is 0 Å². The second-order valence-corrected chi connectivity index (χ2v) is 5.09. The fraction of sp³-hybridized carbons (Fsp3) is 0.286. The van der Waals surface area contributed by atoms with Crippen LogP contribution in [0.3, 0.4) is 0 Å². The van der Waals surface area contributed by atoms with Gasteiger partial charge >= 0.3 is 0 Å². The summed E-state index contributed by atoms with van der Waals surface area (Å²) in [5, 5.41) is 6.01. The monoisotopic (exact) mass is 322 g/mol. The third-order valence-electron chi connectivity index (χ3n) is 3.40. The summed E-state index contributed by atoms with van der Waals surface area (Å²) in [7, 11) is 0. The Hall–Kier alpha value is -2.84. The molecule has 2 heterocycles. The first kappa shape index (κ1) is 15.1. The van der Waals surface area contributed by atoms with Gasteiger partial charge in [-0.25, -0.2) is 8.78 Å². The molecular formula is C14H12F2N4O3. The average Bonchev–Trinajstić information content (AvgIpc) is 3.06. The van der Waals surface area contributed by atoms with Crippen molar-refractivity contribution in [2.75, 3.05) is 11.4 Å². The average molecular weight is 322 g/mol. The summed E-state index contributed by atoms with van der Waals surface area (Å²) in [5.41, 5.74) is -0.412. The highest BCUT2D eigenvalue weighted by Gasteiger charge is 2.35. The Morgan fingerprint density at radius 2 is 2.09 bits per heavy atom. The standard InChI is InChI=1S/C14H12F2N4O3/c1-7-17-13(19-23-7)14(22)18-8-5-11(21)20(6-8)12-9(15)3-2-4-10(12)16/h2-4,8H,5-6H2,1H3,(H,18,22). The highest BCUT2D eigenvalue weighted by molar-refractivity contribution is 5.98. The van der Waals surface area contributed by atoms with Gasteiger partial charge in [-0.05, 0) is 12.1 Å². The van der Waals surface area contributed by atoms with Crippen molar-refractivity contribution >= 4 is 17.5 Å².